The number of hydrogen-bond acceptors (Lipinski definition) is 10. The van der Waals surface area contributed by atoms with E-state index >= 15 is 0 Å². The number of aliphatic hydroxyl groups is 4. The zero-order chi connectivity index (χ0) is 27.8. The fourth-order valence-corrected chi connectivity index (χ4v) is 5.44. The van der Waals surface area contributed by atoms with Gasteiger partial charge in [0.2, 0.25) is 0 Å². The van der Waals surface area contributed by atoms with E-state index < -0.39 is 23.0 Å². The second-order valence-corrected chi connectivity index (χ2v) is 13.4. The molecule has 0 saturated heterocycles. The molecule has 36 heavy (non-hydrogen) atoms. The van der Waals surface area contributed by atoms with Crippen molar-refractivity contribution >= 4 is 44.7 Å². The fourth-order valence-electron chi connectivity index (χ4n) is 3.26. The van der Waals surface area contributed by atoms with Gasteiger partial charge < -0.3 is 20.4 Å². The van der Waals surface area contributed by atoms with Crippen LogP contribution in [0.25, 0.3) is 0 Å². The van der Waals surface area contributed by atoms with Gasteiger partial charge in [0, 0.05) is 60.9 Å². The molecule has 2 atom stereocenters. The Morgan fingerprint density at radius 1 is 0.583 bits per heavy atom. The SMILES string of the molecule is CC(C)(CO)[C@@H](O)C(=O)CCCC(=O)CCCSSCCCC(=O)CCCC(=O)[C@H](O)C(C)(C)CO. The van der Waals surface area contributed by atoms with Gasteiger partial charge in [0.25, 0.3) is 0 Å². The lowest BCUT2D eigenvalue weighted by atomic mass is 9.84. The Morgan fingerprint density at radius 3 is 1.19 bits per heavy atom. The van der Waals surface area contributed by atoms with Crippen LogP contribution in [0.15, 0.2) is 0 Å². The summed E-state index contributed by atoms with van der Waals surface area (Å²) < 4.78 is 0. The van der Waals surface area contributed by atoms with Crippen molar-refractivity contribution in [1.82, 2.24) is 0 Å². The fraction of sp³-hybridized carbons (Fsp3) is 0.846. The van der Waals surface area contributed by atoms with Crippen LogP contribution in [0.5, 0.6) is 0 Å². The van der Waals surface area contributed by atoms with Gasteiger partial charge in [-0.15, -0.1) is 0 Å². The van der Waals surface area contributed by atoms with Crippen molar-refractivity contribution in [2.45, 2.75) is 104 Å². The Bertz CT molecular complexity index is 635. The summed E-state index contributed by atoms with van der Waals surface area (Å²) >= 11 is 0. The van der Waals surface area contributed by atoms with E-state index in [4.69, 9.17) is 0 Å². The molecule has 0 radical (unpaired) electrons. The maximum absolute atomic E-state index is 12.0. The highest BCUT2D eigenvalue weighted by molar-refractivity contribution is 8.76. The summed E-state index contributed by atoms with van der Waals surface area (Å²) in [7, 11) is 3.33. The van der Waals surface area contributed by atoms with Crippen LogP contribution in [0.3, 0.4) is 0 Å². The minimum Gasteiger partial charge on any atom is -0.396 e. The summed E-state index contributed by atoms with van der Waals surface area (Å²) in [5, 5.41) is 38.4. The summed E-state index contributed by atoms with van der Waals surface area (Å²) in [6.45, 7) is 5.90. The monoisotopic (exact) mass is 550 g/mol. The third-order valence-electron chi connectivity index (χ3n) is 6.11. The zero-order valence-corrected chi connectivity index (χ0v) is 23.9. The van der Waals surface area contributed by atoms with Crippen molar-refractivity contribution in [1.29, 1.82) is 0 Å². The highest BCUT2D eigenvalue weighted by Crippen LogP contribution is 2.25. The molecule has 210 valence electrons. The van der Waals surface area contributed by atoms with E-state index in [9.17, 15) is 39.6 Å². The minimum absolute atomic E-state index is 0.0980. The number of aliphatic hydroxyl groups excluding tert-OH is 4. The molecule has 8 nitrogen and oxygen atoms in total. The molecule has 0 unspecified atom stereocenters. The van der Waals surface area contributed by atoms with Crippen LogP contribution in [0.2, 0.25) is 0 Å². The standard InChI is InChI=1S/C26H46O8S2/c1-25(2,17-27)23(33)21(31)13-5-9-19(29)11-7-15-35-36-16-8-12-20(30)10-6-14-22(32)24(34)26(3,4)18-28/h23-24,27-28,33-34H,5-18H2,1-4H3/t23-,24-/m0/s1. The Labute approximate surface area is 223 Å². The molecule has 10 heteroatoms. The topological polar surface area (TPSA) is 149 Å². The largest absolute Gasteiger partial charge is 0.396 e. The molecule has 0 amide bonds. The number of carbonyl (C=O) groups excluding carboxylic acids is 4. The van der Waals surface area contributed by atoms with Crippen molar-refractivity contribution in [3.63, 3.8) is 0 Å². The van der Waals surface area contributed by atoms with Crippen molar-refractivity contribution < 1.29 is 39.6 Å². The van der Waals surface area contributed by atoms with Gasteiger partial charge in [-0.05, 0) is 25.7 Å². The molecule has 4 N–H and O–H groups in total. The Balaban J connectivity index is 3.74. The Kier molecular flexibility index (Phi) is 18.1. The molecule has 0 bridgehead atoms. The van der Waals surface area contributed by atoms with Crippen LogP contribution >= 0.6 is 21.6 Å². The first-order chi connectivity index (χ1) is 16.8. The molecule has 0 aromatic carbocycles. The third-order valence-corrected chi connectivity index (χ3v) is 8.69. The normalized spacial score (nSPS) is 13.9. The van der Waals surface area contributed by atoms with Gasteiger partial charge in [0.1, 0.15) is 23.8 Å². The zero-order valence-electron chi connectivity index (χ0n) is 22.3. The Hall–Kier alpha value is -0.780. The molecule has 0 fully saturated rings. The van der Waals surface area contributed by atoms with Gasteiger partial charge in [0.05, 0.1) is 13.2 Å². The molecule has 0 spiro atoms. The van der Waals surface area contributed by atoms with Crippen molar-refractivity contribution in [2.24, 2.45) is 10.8 Å². The summed E-state index contributed by atoms with van der Waals surface area (Å²) in [5.74, 6) is 1.15. The summed E-state index contributed by atoms with van der Waals surface area (Å²) in [6.07, 6.45) is 1.62. The molecule has 0 aromatic heterocycles. The van der Waals surface area contributed by atoms with E-state index in [2.05, 4.69) is 0 Å². The lowest BCUT2D eigenvalue weighted by Gasteiger charge is -2.26. The molecule has 0 aliphatic rings. The lowest BCUT2D eigenvalue weighted by Crippen LogP contribution is -2.39. The molecule has 0 heterocycles. The molecule has 0 rings (SSSR count). The number of ketones is 4. The van der Waals surface area contributed by atoms with Crippen LogP contribution in [0, 0.1) is 10.8 Å². The van der Waals surface area contributed by atoms with Crippen molar-refractivity contribution in [3.8, 4) is 0 Å². The van der Waals surface area contributed by atoms with E-state index in [-0.39, 0.29) is 49.2 Å². The quantitative estimate of drug-likeness (QED) is 0.110. The summed E-state index contributed by atoms with van der Waals surface area (Å²) in [5.41, 5.74) is -1.76. The first-order valence-electron chi connectivity index (χ1n) is 12.7. The highest BCUT2D eigenvalue weighted by atomic mass is 33.1. The minimum atomic E-state index is -1.23. The predicted molar refractivity (Wildman–Crippen MR) is 145 cm³/mol. The first kappa shape index (κ1) is 35.2. The number of carbonyl (C=O) groups is 4. The smallest absolute Gasteiger partial charge is 0.161 e. The van der Waals surface area contributed by atoms with Gasteiger partial charge in [-0.3, -0.25) is 19.2 Å². The molecule has 0 aliphatic carbocycles. The van der Waals surface area contributed by atoms with Gasteiger partial charge >= 0.3 is 0 Å². The summed E-state index contributed by atoms with van der Waals surface area (Å²) in [4.78, 5) is 47.9. The third kappa shape index (κ3) is 14.8. The van der Waals surface area contributed by atoms with Crippen LogP contribution in [0.1, 0.15) is 91.9 Å². The molecule has 0 aliphatic heterocycles. The van der Waals surface area contributed by atoms with Crippen LogP contribution in [-0.4, -0.2) is 80.5 Å². The van der Waals surface area contributed by atoms with Crippen LogP contribution in [0.4, 0.5) is 0 Å². The first-order valence-corrected chi connectivity index (χ1v) is 15.2. The highest BCUT2D eigenvalue weighted by Gasteiger charge is 2.33. The van der Waals surface area contributed by atoms with Gasteiger partial charge in [-0.2, -0.15) is 0 Å². The van der Waals surface area contributed by atoms with Crippen LogP contribution < -0.4 is 0 Å². The average molecular weight is 551 g/mol. The average Bonchev–Trinajstić information content (AvgIpc) is 2.84. The van der Waals surface area contributed by atoms with Crippen molar-refractivity contribution in [3.05, 3.63) is 0 Å². The van der Waals surface area contributed by atoms with E-state index in [1.165, 1.54) is 0 Å². The van der Waals surface area contributed by atoms with Gasteiger partial charge in [-0.1, -0.05) is 49.3 Å². The maximum Gasteiger partial charge on any atom is 0.161 e. The molecular formula is C26H46O8S2. The predicted octanol–water partition coefficient (Wildman–Crippen LogP) is 3.30. The molecule has 0 saturated carbocycles. The Morgan fingerprint density at radius 2 is 0.889 bits per heavy atom. The van der Waals surface area contributed by atoms with Crippen LogP contribution in [-0.2, 0) is 19.2 Å². The number of rotatable bonds is 23. The number of Topliss-reactive ketones (excluding diaryl/α,β-unsaturated/α-hetero) is 4. The van der Waals surface area contributed by atoms with Gasteiger partial charge in [0.15, 0.2) is 11.6 Å². The van der Waals surface area contributed by atoms with Gasteiger partial charge in [-0.25, -0.2) is 0 Å². The van der Waals surface area contributed by atoms with E-state index in [0.29, 0.717) is 38.5 Å². The van der Waals surface area contributed by atoms with E-state index in [1.54, 1.807) is 49.3 Å². The summed E-state index contributed by atoms with van der Waals surface area (Å²) in [6, 6.07) is 0. The second kappa shape index (κ2) is 18.5. The van der Waals surface area contributed by atoms with E-state index in [1.807, 2.05) is 0 Å². The molecular weight excluding hydrogens is 504 g/mol. The van der Waals surface area contributed by atoms with E-state index in [0.717, 1.165) is 24.3 Å². The maximum atomic E-state index is 12.0. The van der Waals surface area contributed by atoms with Crippen molar-refractivity contribution in [2.75, 3.05) is 24.7 Å². The lowest BCUT2D eigenvalue weighted by molar-refractivity contribution is -0.135. The second-order valence-electron chi connectivity index (χ2n) is 10.7. The number of hydrogen-bond donors (Lipinski definition) is 4. The molecule has 0 aromatic rings.